The summed E-state index contributed by atoms with van der Waals surface area (Å²) < 4.78 is 1.92. The maximum Gasteiger partial charge on any atom is 0.125 e. The lowest BCUT2D eigenvalue weighted by Gasteiger charge is -2.19. The molecule has 18 heavy (non-hydrogen) atoms. The molecule has 3 nitrogen and oxygen atoms in total. The Morgan fingerprint density at radius 2 is 2.00 bits per heavy atom. The molecule has 2 rings (SSSR count). The van der Waals surface area contributed by atoms with Gasteiger partial charge in [0, 0.05) is 30.1 Å². The van der Waals surface area contributed by atoms with Gasteiger partial charge in [-0.25, -0.2) is 0 Å². The first-order valence-electron chi connectivity index (χ1n) is 6.12. The predicted molar refractivity (Wildman–Crippen MR) is 74.2 cm³/mol. The summed E-state index contributed by atoms with van der Waals surface area (Å²) in [4.78, 5) is 0. The molecule has 1 aromatic carbocycles. The lowest BCUT2D eigenvalue weighted by molar-refractivity contribution is 0.591. The standard InChI is InChI=1S/C15H19N3/c1-15(2,3)10-5-6-13-11(7-10)12(8-16)14(9-17)18(13)4/h5-7H,8,16H2,1-4H3. The first kappa shape index (κ1) is 12.7. The summed E-state index contributed by atoms with van der Waals surface area (Å²) in [6, 6.07) is 8.62. The SMILES string of the molecule is Cn1c(C#N)c(CN)c2cc(C(C)(C)C)ccc21. The van der Waals surface area contributed by atoms with Crippen molar-refractivity contribution >= 4 is 10.9 Å². The monoisotopic (exact) mass is 241 g/mol. The number of nitrogens with two attached hydrogens (primary N) is 1. The van der Waals surface area contributed by atoms with E-state index in [2.05, 4.69) is 45.0 Å². The van der Waals surface area contributed by atoms with Crippen LogP contribution in [0.2, 0.25) is 0 Å². The largest absolute Gasteiger partial charge is 0.335 e. The number of rotatable bonds is 1. The number of hydrogen-bond acceptors (Lipinski definition) is 2. The van der Waals surface area contributed by atoms with E-state index in [0.29, 0.717) is 12.2 Å². The Morgan fingerprint density at radius 3 is 2.50 bits per heavy atom. The predicted octanol–water partition coefficient (Wildman–Crippen LogP) is 2.81. The third kappa shape index (κ3) is 1.79. The van der Waals surface area contributed by atoms with Crippen LogP contribution in [0.5, 0.6) is 0 Å². The van der Waals surface area contributed by atoms with Crippen molar-refractivity contribution in [3.05, 3.63) is 35.0 Å². The van der Waals surface area contributed by atoms with Crippen LogP contribution in [0.4, 0.5) is 0 Å². The molecule has 2 N–H and O–H groups in total. The molecular weight excluding hydrogens is 222 g/mol. The zero-order valence-electron chi connectivity index (χ0n) is 11.4. The highest BCUT2D eigenvalue weighted by molar-refractivity contribution is 5.87. The molecule has 0 saturated heterocycles. The summed E-state index contributed by atoms with van der Waals surface area (Å²) in [5.74, 6) is 0. The van der Waals surface area contributed by atoms with E-state index < -0.39 is 0 Å². The van der Waals surface area contributed by atoms with Crippen LogP contribution in [-0.2, 0) is 19.0 Å². The van der Waals surface area contributed by atoms with Crippen molar-refractivity contribution in [2.45, 2.75) is 32.7 Å². The molecule has 0 aliphatic rings. The van der Waals surface area contributed by atoms with Gasteiger partial charge in [-0.1, -0.05) is 26.8 Å². The van der Waals surface area contributed by atoms with Crippen LogP contribution < -0.4 is 5.73 Å². The molecule has 0 saturated carbocycles. The number of fused-ring (bicyclic) bond motifs is 1. The summed E-state index contributed by atoms with van der Waals surface area (Å²) in [6.07, 6.45) is 0. The summed E-state index contributed by atoms with van der Waals surface area (Å²) in [5.41, 5.74) is 9.84. The Hall–Kier alpha value is -1.79. The Balaban J connectivity index is 2.82. The molecule has 0 aliphatic carbocycles. The Bertz CT molecular complexity index is 636. The van der Waals surface area contributed by atoms with Gasteiger partial charge < -0.3 is 10.3 Å². The number of benzene rings is 1. The zero-order valence-corrected chi connectivity index (χ0v) is 11.4. The van der Waals surface area contributed by atoms with Gasteiger partial charge in [0.1, 0.15) is 11.8 Å². The van der Waals surface area contributed by atoms with E-state index in [4.69, 9.17) is 5.73 Å². The molecular formula is C15H19N3. The van der Waals surface area contributed by atoms with Gasteiger partial charge in [-0.15, -0.1) is 0 Å². The van der Waals surface area contributed by atoms with Crippen LogP contribution >= 0.6 is 0 Å². The Labute approximate surface area is 108 Å². The second kappa shape index (κ2) is 4.15. The fourth-order valence-electron chi connectivity index (χ4n) is 2.34. The van der Waals surface area contributed by atoms with Gasteiger partial charge in [-0.2, -0.15) is 5.26 Å². The van der Waals surface area contributed by atoms with Crippen molar-refractivity contribution < 1.29 is 0 Å². The van der Waals surface area contributed by atoms with Gasteiger partial charge >= 0.3 is 0 Å². The summed E-state index contributed by atoms with van der Waals surface area (Å²) in [5, 5.41) is 10.3. The van der Waals surface area contributed by atoms with Gasteiger partial charge in [0.15, 0.2) is 0 Å². The minimum absolute atomic E-state index is 0.0999. The van der Waals surface area contributed by atoms with Crippen LogP contribution in [0.25, 0.3) is 10.9 Å². The van der Waals surface area contributed by atoms with E-state index in [-0.39, 0.29) is 5.41 Å². The first-order chi connectivity index (χ1) is 8.40. The second-order valence-corrected chi connectivity index (χ2v) is 5.68. The molecule has 1 heterocycles. The van der Waals surface area contributed by atoms with Crippen LogP contribution in [0.3, 0.4) is 0 Å². The van der Waals surface area contributed by atoms with E-state index in [1.54, 1.807) is 0 Å². The molecule has 0 bridgehead atoms. The van der Waals surface area contributed by atoms with E-state index in [1.165, 1.54) is 5.56 Å². The third-order valence-electron chi connectivity index (χ3n) is 3.48. The highest BCUT2D eigenvalue weighted by atomic mass is 15.0. The first-order valence-corrected chi connectivity index (χ1v) is 6.12. The highest BCUT2D eigenvalue weighted by Crippen LogP contribution is 2.30. The molecule has 0 fully saturated rings. The summed E-state index contributed by atoms with van der Waals surface area (Å²) in [6.45, 7) is 6.95. The molecule has 0 amide bonds. The normalized spacial score (nSPS) is 11.8. The molecule has 1 aromatic heterocycles. The topological polar surface area (TPSA) is 54.7 Å². The summed E-state index contributed by atoms with van der Waals surface area (Å²) >= 11 is 0. The summed E-state index contributed by atoms with van der Waals surface area (Å²) in [7, 11) is 1.91. The van der Waals surface area contributed by atoms with Gasteiger partial charge in [-0.3, -0.25) is 0 Å². The minimum Gasteiger partial charge on any atom is -0.335 e. The van der Waals surface area contributed by atoms with Crippen LogP contribution in [0.15, 0.2) is 18.2 Å². The van der Waals surface area contributed by atoms with Gasteiger partial charge in [0.05, 0.1) is 0 Å². The second-order valence-electron chi connectivity index (χ2n) is 5.68. The molecule has 0 atom stereocenters. The zero-order chi connectivity index (χ0) is 13.5. The van der Waals surface area contributed by atoms with Gasteiger partial charge in [0.2, 0.25) is 0 Å². The number of nitriles is 1. The molecule has 0 radical (unpaired) electrons. The van der Waals surface area contributed by atoms with Crippen LogP contribution in [0.1, 0.15) is 37.6 Å². The van der Waals surface area contributed by atoms with E-state index in [9.17, 15) is 5.26 Å². The number of aryl methyl sites for hydroxylation is 1. The fourth-order valence-corrected chi connectivity index (χ4v) is 2.34. The average molecular weight is 241 g/mol. The van der Waals surface area contributed by atoms with E-state index in [0.717, 1.165) is 16.5 Å². The molecule has 3 heteroatoms. The molecule has 94 valence electrons. The third-order valence-corrected chi connectivity index (χ3v) is 3.48. The number of nitrogens with zero attached hydrogens (tertiary/aromatic N) is 2. The lowest BCUT2D eigenvalue weighted by Crippen LogP contribution is -2.10. The quantitative estimate of drug-likeness (QED) is 0.834. The van der Waals surface area contributed by atoms with Crippen molar-refractivity contribution in [1.82, 2.24) is 4.57 Å². The maximum absolute atomic E-state index is 9.23. The number of hydrogen-bond donors (Lipinski definition) is 1. The number of aromatic nitrogens is 1. The molecule has 2 aromatic rings. The molecule has 0 spiro atoms. The van der Waals surface area contributed by atoms with E-state index in [1.807, 2.05) is 11.6 Å². The smallest absolute Gasteiger partial charge is 0.125 e. The van der Waals surface area contributed by atoms with Crippen LogP contribution in [0, 0.1) is 11.3 Å². The molecule has 0 unspecified atom stereocenters. The Kier molecular flexibility index (Phi) is 2.92. The fraction of sp³-hybridized carbons (Fsp3) is 0.400. The molecule has 0 aliphatic heterocycles. The van der Waals surface area contributed by atoms with Crippen molar-refractivity contribution in [3.8, 4) is 6.07 Å². The van der Waals surface area contributed by atoms with Gasteiger partial charge in [0.25, 0.3) is 0 Å². The van der Waals surface area contributed by atoms with Crippen molar-refractivity contribution in [1.29, 1.82) is 5.26 Å². The van der Waals surface area contributed by atoms with Crippen molar-refractivity contribution in [2.24, 2.45) is 12.8 Å². The van der Waals surface area contributed by atoms with E-state index >= 15 is 0 Å². The van der Waals surface area contributed by atoms with Crippen LogP contribution in [-0.4, -0.2) is 4.57 Å². The highest BCUT2D eigenvalue weighted by Gasteiger charge is 2.18. The maximum atomic E-state index is 9.23. The average Bonchev–Trinajstić information content (AvgIpc) is 2.60. The Morgan fingerprint density at radius 1 is 1.33 bits per heavy atom. The minimum atomic E-state index is 0.0999. The van der Waals surface area contributed by atoms with Crippen molar-refractivity contribution in [3.63, 3.8) is 0 Å². The van der Waals surface area contributed by atoms with Gasteiger partial charge in [-0.05, 0) is 23.1 Å². The lowest BCUT2D eigenvalue weighted by atomic mass is 9.86. The van der Waals surface area contributed by atoms with Crippen molar-refractivity contribution in [2.75, 3.05) is 0 Å².